The van der Waals surface area contributed by atoms with Gasteiger partial charge in [0, 0.05) is 34.9 Å². The van der Waals surface area contributed by atoms with Gasteiger partial charge in [0.2, 0.25) is 0 Å². The molecule has 0 bridgehead atoms. The molecule has 0 radical (unpaired) electrons. The molecule has 1 aliphatic heterocycles. The van der Waals surface area contributed by atoms with E-state index in [0.29, 0.717) is 11.0 Å². The Bertz CT molecular complexity index is 476. The van der Waals surface area contributed by atoms with Crippen molar-refractivity contribution in [2.24, 2.45) is 5.73 Å². The van der Waals surface area contributed by atoms with Crippen LogP contribution in [-0.4, -0.2) is 43.1 Å². The van der Waals surface area contributed by atoms with Gasteiger partial charge in [0.25, 0.3) is 0 Å². The van der Waals surface area contributed by atoms with Crippen LogP contribution >= 0.6 is 28.1 Å². The topological polar surface area (TPSA) is 32.5 Å². The van der Waals surface area contributed by atoms with E-state index in [2.05, 4.69) is 52.0 Å². The Morgan fingerprint density at radius 1 is 1.53 bits per heavy atom. The molecule has 2 N–H and O–H groups in total. The van der Waals surface area contributed by atoms with Crippen LogP contribution in [0, 0.1) is 0 Å². The van der Waals surface area contributed by atoms with Gasteiger partial charge in [-0.1, -0.05) is 12.2 Å². The average molecular weight is 342 g/mol. The highest BCUT2D eigenvalue weighted by atomic mass is 79.9. The first kappa shape index (κ1) is 14.8. The molecule has 1 aromatic rings. The number of benzene rings is 1. The number of anilines is 1. The van der Waals surface area contributed by atoms with E-state index in [1.807, 2.05) is 6.07 Å². The number of nitrogens with zero attached hydrogens (tertiary/aromatic N) is 2. The Balaban J connectivity index is 2.21. The number of halogens is 1. The van der Waals surface area contributed by atoms with Crippen LogP contribution in [0.3, 0.4) is 0 Å². The number of rotatable bonds is 4. The largest absolute Gasteiger partial charge is 0.389 e. The predicted octanol–water partition coefficient (Wildman–Crippen LogP) is 2.61. The smallest absolute Gasteiger partial charge is 0.105 e. The fourth-order valence-electron chi connectivity index (χ4n) is 2.67. The second-order valence-electron chi connectivity index (χ2n) is 5.28. The molecule has 0 spiro atoms. The molecular formula is C14H20BrN3S. The zero-order valence-electron chi connectivity index (χ0n) is 11.4. The number of thiocarbonyl (C=S) groups is 1. The van der Waals surface area contributed by atoms with Gasteiger partial charge in [-0.05, 0) is 61.1 Å². The van der Waals surface area contributed by atoms with Gasteiger partial charge in [0.1, 0.15) is 4.99 Å². The molecule has 19 heavy (non-hydrogen) atoms. The van der Waals surface area contributed by atoms with E-state index < -0.39 is 0 Å². The minimum atomic E-state index is 0.435. The molecule has 0 aliphatic carbocycles. The third kappa shape index (κ3) is 3.46. The minimum absolute atomic E-state index is 0.435. The van der Waals surface area contributed by atoms with E-state index in [1.54, 1.807) is 0 Å². The minimum Gasteiger partial charge on any atom is -0.389 e. The van der Waals surface area contributed by atoms with Gasteiger partial charge in [-0.25, -0.2) is 0 Å². The first-order chi connectivity index (χ1) is 8.99. The van der Waals surface area contributed by atoms with Gasteiger partial charge < -0.3 is 15.5 Å². The maximum Gasteiger partial charge on any atom is 0.105 e. The van der Waals surface area contributed by atoms with Crippen LogP contribution in [0.1, 0.15) is 18.4 Å². The molecule has 0 saturated carbocycles. The fraction of sp³-hybridized carbons (Fsp3) is 0.500. The van der Waals surface area contributed by atoms with Crippen LogP contribution in [0.4, 0.5) is 5.69 Å². The van der Waals surface area contributed by atoms with Crippen molar-refractivity contribution >= 4 is 38.8 Å². The van der Waals surface area contributed by atoms with Crippen LogP contribution in [0.25, 0.3) is 0 Å². The molecule has 5 heteroatoms. The highest BCUT2D eigenvalue weighted by Crippen LogP contribution is 2.29. The van der Waals surface area contributed by atoms with E-state index in [1.165, 1.54) is 18.5 Å². The summed E-state index contributed by atoms with van der Waals surface area (Å²) in [5.74, 6) is 0. The van der Waals surface area contributed by atoms with E-state index in [0.717, 1.165) is 23.1 Å². The highest BCUT2D eigenvalue weighted by molar-refractivity contribution is 9.10. The molecule has 104 valence electrons. The summed E-state index contributed by atoms with van der Waals surface area (Å²) in [5, 5.41) is 0. The van der Waals surface area contributed by atoms with Crippen molar-refractivity contribution in [3.8, 4) is 0 Å². The van der Waals surface area contributed by atoms with E-state index >= 15 is 0 Å². The summed E-state index contributed by atoms with van der Waals surface area (Å²) in [7, 11) is 4.25. The summed E-state index contributed by atoms with van der Waals surface area (Å²) in [6.07, 6.45) is 2.51. The summed E-state index contributed by atoms with van der Waals surface area (Å²) < 4.78 is 0.980. The molecule has 1 atom stereocenters. The zero-order chi connectivity index (χ0) is 14.0. The Labute approximate surface area is 128 Å². The van der Waals surface area contributed by atoms with E-state index in [-0.39, 0.29) is 0 Å². The van der Waals surface area contributed by atoms with Crippen molar-refractivity contribution in [2.45, 2.75) is 18.9 Å². The molecule has 1 aliphatic rings. The summed E-state index contributed by atoms with van der Waals surface area (Å²) in [4.78, 5) is 5.17. The number of hydrogen-bond donors (Lipinski definition) is 1. The van der Waals surface area contributed by atoms with Crippen LogP contribution in [0.5, 0.6) is 0 Å². The van der Waals surface area contributed by atoms with Gasteiger partial charge in [-0.3, -0.25) is 0 Å². The molecule has 0 amide bonds. The molecule has 1 unspecified atom stereocenters. The van der Waals surface area contributed by atoms with Crippen molar-refractivity contribution in [3.05, 3.63) is 28.2 Å². The number of hydrogen-bond acceptors (Lipinski definition) is 3. The normalized spacial score (nSPS) is 19.2. The van der Waals surface area contributed by atoms with Crippen molar-refractivity contribution in [2.75, 3.05) is 32.1 Å². The number of nitrogens with two attached hydrogens (primary N) is 1. The summed E-state index contributed by atoms with van der Waals surface area (Å²) in [6, 6.07) is 6.85. The lowest BCUT2D eigenvalue weighted by atomic mass is 10.1. The van der Waals surface area contributed by atoms with Crippen molar-refractivity contribution in [1.82, 2.24) is 4.90 Å². The first-order valence-corrected chi connectivity index (χ1v) is 7.70. The molecule has 2 rings (SSSR count). The Kier molecular flexibility index (Phi) is 4.81. The van der Waals surface area contributed by atoms with Gasteiger partial charge in [-0.2, -0.15) is 0 Å². The van der Waals surface area contributed by atoms with Gasteiger partial charge >= 0.3 is 0 Å². The number of likely N-dealkylation sites (N-methyl/N-ethyl adjacent to an activating group) is 1. The van der Waals surface area contributed by atoms with Crippen LogP contribution in [-0.2, 0) is 0 Å². The van der Waals surface area contributed by atoms with Gasteiger partial charge in [-0.15, -0.1) is 0 Å². The highest BCUT2D eigenvalue weighted by Gasteiger charge is 2.25. The lowest BCUT2D eigenvalue weighted by Gasteiger charge is -2.29. The third-order valence-electron chi connectivity index (χ3n) is 3.50. The Morgan fingerprint density at radius 2 is 2.26 bits per heavy atom. The lowest BCUT2D eigenvalue weighted by molar-refractivity contribution is 0.372. The summed E-state index contributed by atoms with van der Waals surface area (Å²) >= 11 is 8.60. The fourth-order valence-corrected chi connectivity index (χ4v) is 3.56. The van der Waals surface area contributed by atoms with Crippen LogP contribution in [0.15, 0.2) is 22.7 Å². The monoisotopic (exact) mass is 341 g/mol. The molecule has 1 fully saturated rings. The van der Waals surface area contributed by atoms with Crippen LogP contribution in [0.2, 0.25) is 0 Å². The second-order valence-corrected chi connectivity index (χ2v) is 6.57. The van der Waals surface area contributed by atoms with Crippen molar-refractivity contribution in [3.63, 3.8) is 0 Å². The zero-order valence-corrected chi connectivity index (χ0v) is 13.8. The third-order valence-corrected chi connectivity index (χ3v) is 4.38. The van der Waals surface area contributed by atoms with E-state index in [9.17, 15) is 0 Å². The molecule has 1 heterocycles. The van der Waals surface area contributed by atoms with Gasteiger partial charge in [0.05, 0.1) is 0 Å². The maximum absolute atomic E-state index is 5.69. The molecule has 3 nitrogen and oxygen atoms in total. The van der Waals surface area contributed by atoms with Gasteiger partial charge in [0.15, 0.2) is 0 Å². The summed E-state index contributed by atoms with van der Waals surface area (Å²) in [6.45, 7) is 2.21. The quantitative estimate of drug-likeness (QED) is 0.853. The molecule has 0 aromatic heterocycles. The second kappa shape index (κ2) is 6.20. The first-order valence-electron chi connectivity index (χ1n) is 6.50. The molecule has 1 aromatic carbocycles. The average Bonchev–Trinajstić information content (AvgIpc) is 2.75. The maximum atomic E-state index is 5.69. The molecule has 1 saturated heterocycles. The van der Waals surface area contributed by atoms with Crippen molar-refractivity contribution < 1.29 is 0 Å². The van der Waals surface area contributed by atoms with Crippen molar-refractivity contribution in [1.29, 1.82) is 0 Å². The Hall–Kier alpha value is -0.650. The molecular weight excluding hydrogens is 322 g/mol. The predicted molar refractivity (Wildman–Crippen MR) is 89.0 cm³/mol. The van der Waals surface area contributed by atoms with Crippen LogP contribution < -0.4 is 10.6 Å². The Morgan fingerprint density at radius 3 is 2.84 bits per heavy atom. The lowest BCUT2D eigenvalue weighted by Crippen LogP contribution is -2.37. The van der Waals surface area contributed by atoms with E-state index in [4.69, 9.17) is 18.0 Å². The summed E-state index contributed by atoms with van der Waals surface area (Å²) in [5.41, 5.74) is 7.84. The standard InChI is InChI=1S/C14H20BrN3S/c1-17(2)9-11-4-3-7-18(11)10-5-6-12(14(16)19)13(15)8-10/h5-6,8,11H,3-4,7,9H2,1-2H3,(H2,16,19). The SMILES string of the molecule is CN(C)CC1CCCN1c1ccc(C(N)=S)c(Br)c1.